The van der Waals surface area contributed by atoms with Crippen LogP contribution in [0.4, 0.5) is 0 Å². The predicted octanol–water partition coefficient (Wildman–Crippen LogP) is 2.30. The van der Waals surface area contributed by atoms with Crippen molar-refractivity contribution >= 4 is 10.9 Å². The molecule has 3 nitrogen and oxygen atoms in total. The van der Waals surface area contributed by atoms with Gasteiger partial charge in [0, 0.05) is 17.1 Å². The number of para-hydroxylation sites is 1. The Balaban J connectivity index is 1.70. The van der Waals surface area contributed by atoms with Crippen molar-refractivity contribution in [2.75, 3.05) is 26.7 Å². The SMILES string of the molecule is CNCCCCNCCc1c[nH]c2ccccc12. The molecule has 98 valence electrons. The average molecular weight is 245 g/mol. The lowest BCUT2D eigenvalue weighted by molar-refractivity contribution is 0.606. The van der Waals surface area contributed by atoms with Gasteiger partial charge in [-0.2, -0.15) is 0 Å². The van der Waals surface area contributed by atoms with Crippen LogP contribution in [0.25, 0.3) is 10.9 Å². The first-order chi connectivity index (χ1) is 8.92. The molecule has 0 atom stereocenters. The quantitative estimate of drug-likeness (QED) is 0.625. The first-order valence-corrected chi connectivity index (χ1v) is 6.82. The van der Waals surface area contributed by atoms with Crippen LogP contribution in [0.15, 0.2) is 30.5 Å². The van der Waals surface area contributed by atoms with Crippen LogP contribution in [0, 0.1) is 0 Å². The molecular formula is C15H23N3. The van der Waals surface area contributed by atoms with E-state index in [9.17, 15) is 0 Å². The zero-order chi connectivity index (χ0) is 12.6. The Morgan fingerprint density at radius 3 is 2.78 bits per heavy atom. The van der Waals surface area contributed by atoms with E-state index in [2.05, 4.69) is 46.1 Å². The van der Waals surface area contributed by atoms with E-state index in [-0.39, 0.29) is 0 Å². The Hall–Kier alpha value is -1.32. The van der Waals surface area contributed by atoms with Crippen LogP contribution in [0.1, 0.15) is 18.4 Å². The molecule has 3 N–H and O–H groups in total. The molecule has 2 rings (SSSR count). The van der Waals surface area contributed by atoms with Gasteiger partial charge in [0.2, 0.25) is 0 Å². The lowest BCUT2D eigenvalue weighted by Gasteiger charge is -2.04. The molecular weight excluding hydrogens is 222 g/mol. The minimum Gasteiger partial charge on any atom is -0.361 e. The lowest BCUT2D eigenvalue weighted by atomic mass is 10.1. The Kier molecular flexibility index (Phi) is 5.24. The van der Waals surface area contributed by atoms with Gasteiger partial charge in [0.25, 0.3) is 0 Å². The second kappa shape index (κ2) is 7.19. The normalized spacial score (nSPS) is 11.2. The number of fused-ring (bicyclic) bond motifs is 1. The molecule has 0 spiro atoms. The van der Waals surface area contributed by atoms with Gasteiger partial charge in [0.1, 0.15) is 0 Å². The number of unbranched alkanes of at least 4 members (excludes halogenated alkanes) is 1. The number of nitrogens with one attached hydrogen (secondary N) is 3. The fraction of sp³-hybridized carbons (Fsp3) is 0.467. The average Bonchev–Trinajstić information content (AvgIpc) is 2.81. The topological polar surface area (TPSA) is 39.8 Å². The van der Waals surface area contributed by atoms with E-state index < -0.39 is 0 Å². The van der Waals surface area contributed by atoms with E-state index >= 15 is 0 Å². The van der Waals surface area contributed by atoms with Gasteiger partial charge < -0.3 is 15.6 Å². The van der Waals surface area contributed by atoms with Gasteiger partial charge in [-0.15, -0.1) is 0 Å². The molecule has 0 radical (unpaired) electrons. The van der Waals surface area contributed by atoms with Gasteiger partial charge in [0.15, 0.2) is 0 Å². The van der Waals surface area contributed by atoms with Crippen LogP contribution in [0.3, 0.4) is 0 Å². The van der Waals surface area contributed by atoms with Gasteiger partial charge in [-0.3, -0.25) is 0 Å². The minimum atomic E-state index is 1.06. The smallest absolute Gasteiger partial charge is 0.0456 e. The van der Waals surface area contributed by atoms with E-state index in [1.54, 1.807) is 0 Å². The summed E-state index contributed by atoms with van der Waals surface area (Å²) < 4.78 is 0. The number of benzene rings is 1. The Labute approximate surface area is 109 Å². The standard InChI is InChI=1S/C15H23N3/c1-16-9-4-5-10-17-11-8-13-12-18-15-7-3-2-6-14(13)15/h2-3,6-7,12,16-18H,4-5,8-11H2,1H3. The van der Waals surface area contributed by atoms with Crippen molar-refractivity contribution in [2.24, 2.45) is 0 Å². The van der Waals surface area contributed by atoms with Crippen LogP contribution >= 0.6 is 0 Å². The fourth-order valence-electron chi connectivity index (χ4n) is 2.24. The number of hydrogen-bond donors (Lipinski definition) is 3. The molecule has 0 bridgehead atoms. The second-order valence-corrected chi connectivity index (χ2v) is 4.67. The maximum Gasteiger partial charge on any atom is 0.0456 e. The Morgan fingerprint density at radius 1 is 1.06 bits per heavy atom. The molecule has 0 aliphatic carbocycles. The molecule has 1 aromatic carbocycles. The van der Waals surface area contributed by atoms with E-state index in [4.69, 9.17) is 0 Å². The molecule has 2 aromatic rings. The molecule has 0 aliphatic heterocycles. The van der Waals surface area contributed by atoms with Crippen molar-refractivity contribution in [3.05, 3.63) is 36.0 Å². The second-order valence-electron chi connectivity index (χ2n) is 4.67. The summed E-state index contributed by atoms with van der Waals surface area (Å²) in [7, 11) is 2.00. The molecule has 3 heteroatoms. The summed E-state index contributed by atoms with van der Waals surface area (Å²) in [5, 5.41) is 8.03. The number of H-pyrrole nitrogens is 1. The zero-order valence-electron chi connectivity index (χ0n) is 11.1. The van der Waals surface area contributed by atoms with Gasteiger partial charge in [-0.05, 0) is 57.6 Å². The van der Waals surface area contributed by atoms with Crippen LogP contribution in [-0.2, 0) is 6.42 Å². The molecule has 1 aromatic heterocycles. The number of aromatic nitrogens is 1. The largest absolute Gasteiger partial charge is 0.361 e. The third kappa shape index (κ3) is 3.59. The highest BCUT2D eigenvalue weighted by Gasteiger charge is 2.01. The van der Waals surface area contributed by atoms with Gasteiger partial charge in [-0.25, -0.2) is 0 Å². The van der Waals surface area contributed by atoms with Crippen molar-refractivity contribution in [3.8, 4) is 0 Å². The molecule has 0 saturated heterocycles. The van der Waals surface area contributed by atoms with Crippen molar-refractivity contribution in [1.82, 2.24) is 15.6 Å². The molecule has 0 unspecified atom stereocenters. The van der Waals surface area contributed by atoms with E-state index in [1.165, 1.54) is 29.3 Å². The van der Waals surface area contributed by atoms with Crippen LogP contribution in [0.2, 0.25) is 0 Å². The van der Waals surface area contributed by atoms with Gasteiger partial charge >= 0.3 is 0 Å². The number of hydrogen-bond acceptors (Lipinski definition) is 2. The molecule has 0 fully saturated rings. The van der Waals surface area contributed by atoms with Gasteiger partial charge in [-0.1, -0.05) is 18.2 Å². The molecule has 0 saturated carbocycles. The van der Waals surface area contributed by atoms with Crippen LogP contribution in [0.5, 0.6) is 0 Å². The number of rotatable bonds is 8. The summed E-state index contributed by atoms with van der Waals surface area (Å²) in [6.45, 7) is 3.29. The van der Waals surface area contributed by atoms with E-state index in [0.717, 1.165) is 26.1 Å². The van der Waals surface area contributed by atoms with Crippen molar-refractivity contribution in [3.63, 3.8) is 0 Å². The van der Waals surface area contributed by atoms with Crippen LogP contribution in [-0.4, -0.2) is 31.7 Å². The highest BCUT2D eigenvalue weighted by molar-refractivity contribution is 5.83. The molecule has 0 aliphatic rings. The first-order valence-electron chi connectivity index (χ1n) is 6.82. The monoisotopic (exact) mass is 245 g/mol. The van der Waals surface area contributed by atoms with Gasteiger partial charge in [0.05, 0.1) is 0 Å². The van der Waals surface area contributed by atoms with Crippen molar-refractivity contribution in [1.29, 1.82) is 0 Å². The lowest BCUT2D eigenvalue weighted by Crippen LogP contribution is -2.19. The van der Waals surface area contributed by atoms with E-state index in [1.807, 2.05) is 7.05 Å². The first kappa shape index (κ1) is 13.1. The third-order valence-corrected chi connectivity index (χ3v) is 3.28. The predicted molar refractivity (Wildman–Crippen MR) is 78.0 cm³/mol. The summed E-state index contributed by atoms with van der Waals surface area (Å²) in [6, 6.07) is 8.49. The summed E-state index contributed by atoms with van der Waals surface area (Å²) in [6.07, 6.45) is 5.72. The summed E-state index contributed by atoms with van der Waals surface area (Å²) in [5.74, 6) is 0. The minimum absolute atomic E-state index is 1.06. The highest BCUT2D eigenvalue weighted by Crippen LogP contribution is 2.17. The summed E-state index contributed by atoms with van der Waals surface area (Å²) in [4.78, 5) is 3.32. The maximum atomic E-state index is 3.51. The molecule has 1 heterocycles. The van der Waals surface area contributed by atoms with E-state index in [0.29, 0.717) is 0 Å². The van der Waals surface area contributed by atoms with Crippen molar-refractivity contribution < 1.29 is 0 Å². The summed E-state index contributed by atoms with van der Waals surface area (Å²) in [5.41, 5.74) is 2.65. The third-order valence-electron chi connectivity index (χ3n) is 3.28. The molecule has 18 heavy (non-hydrogen) atoms. The summed E-state index contributed by atoms with van der Waals surface area (Å²) >= 11 is 0. The maximum absolute atomic E-state index is 3.51. The molecule has 0 amide bonds. The zero-order valence-corrected chi connectivity index (χ0v) is 11.1. The number of aromatic amines is 1. The Morgan fingerprint density at radius 2 is 1.89 bits per heavy atom. The highest BCUT2D eigenvalue weighted by atomic mass is 14.8. The van der Waals surface area contributed by atoms with Crippen molar-refractivity contribution in [2.45, 2.75) is 19.3 Å². The Bertz CT molecular complexity index is 461. The van der Waals surface area contributed by atoms with Crippen LogP contribution < -0.4 is 10.6 Å². The fourth-order valence-corrected chi connectivity index (χ4v) is 2.24.